The lowest BCUT2D eigenvalue weighted by atomic mass is 10.2. The van der Waals surface area contributed by atoms with Gasteiger partial charge < -0.3 is 4.90 Å². The molecule has 0 heterocycles. The van der Waals surface area contributed by atoms with Gasteiger partial charge >= 0.3 is 0 Å². The highest BCUT2D eigenvalue weighted by Crippen LogP contribution is 2.16. The molecule has 0 aliphatic rings. The molecule has 0 fully saturated rings. The summed E-state index contributed by atoms with van der Waals surface area (Å²) in [5.41, 5.74) is 0.197. The van der Waals surface area contributed by atoms with Crippen LogP contribution in [0.25, 0.3) is 0 Å². The molecule has 7 heteroatoms. The van der Waals surface area contributed by atoms with Crippen molar-refractivity contribution < 1.29 is 18.0 Å². The molecule has 0 atom stereocenters. The highest BCUT2D eigenvalue weighted by Gasteiger charge is 2.21. The fourth-order valence-electron chi connectivity index (χ4n) is 1.38. The van der Waals surface area contributed by atoms with Crippen molar-refractivity contribution >= 4 is 40.1 Å². The van der Waals surface area contributed by atoms with Gasteiger partial charge in [-0.1, -0.05) is 0 Å². The van der Waals surface area contributed by atoms with Crippen LogP contribution in [0.5, 0.6) is 0 Å². The topological polar surface area (TPSA) is 20.3 Å². The lowest BCUT2D eigenvalue weighted by Crippen LogP contribution is -2.37. The Labute approximate surface area is 121 Å². The van der Waals surface area contributed by atoms with Crippen LogP contribution >= 0.6 is 34.2 Å². The van der Waals surface area contributed by atoms with Gasteiger partial charge in [0.2, 0.25) is 0 Å². The van der Waals surface area contributed by atoms with Crippen LogP contribution in [0.4, 0.5) is 13.2 Å². The van der Waals surface area contributed by atoms with E-state index in [4.69, 9.17) is 11.6 Å². The Morgan fingerprint density at radius 1 is 1.44 bits per heavy atom. The summed E-state index contributed by atoms with van der Waals surface area (Å²) in [7, 11) is 0. The first-order valence-electron chi connectivity index (χ1n) is 5.04. The van der Waals surface area contributed by atoms with Gasteiger partial charge in [-0.15, -0.1) is 11.6 Å². The van der Waals surface area contributed by atoms with Gasteiger partial charge in [-0.25, -0.2) is 13.2 Å². The van der Waals surface area contributed by atoms with Gasteiger partial charge in [-0.2, -0.15) is 0 Å². The van der Waals surface area contributed by atoms with Crippen molar-refractivity contribution in [2.24, 2.45) is 0 Å². The minimum atomic E-state index is -2.63. The number of hydrogen-bond acceptors (Lipinski definition) is 1. The summed E-state index contributed by atoms with van der Waals surface area (Å²) < 4.78 is 38.0. The van der Waals surface area contributed by atoms with E-state index in [1.165, 1.54) is 12.1 Å². The first-order chi connectivity index (χ1) is 8.45. The summed E-state index contributed by atoms with van der Waals surface area (Å²) in [5, 5.41) is 0. The van der Waals surface area contributed by atoms with Gasteiger partial charge in [-0.3, -0.25) is 4.79 Å². The van der Waals surface area contributed by atoms with Gasteiger partial charge in [0, 0.05) is 16.0 Å². The van der Waals surface area contributed by atoms with E-state index >= 15 is 0 Å². The number of carbonyl (C=O) groups is 1. The normalized spacial score (nSPS) is 10.8. The van der Waals surface area contributed by atoms with Gasteiger partial charge in [-0.05, 0) is 40.8 Å². The molecule has 0 aliphatic heterocycles. The molecule has 0 unspecified atom stereocenters. The molecule has 0 aromatic heterocycles. The molecule has 0 bridgehead atoms. The minimum Gasteiger partial charge on any atom is -0.332 e. The SMILES string of the molecule is O=C(c1ccc(F)cc1I)N(CCCl)CC(F)F. The molecule has 0 N–H and O–H groups in total. The second-order valence-corrected chi connectivity index (χ2v) is 5.00. The number of hydrogen-bond donors (Lipinski definition) is 0. The standard InChI is InChI=1S/C11H10ClF3INO/c12-3-4-17(6-10(14)15)11(18)8-2-1-7(13)5-9(8)16/h1-2,5,10H,3-4,6H2. The van der Waals surface area contributed by atoms with E-state index in [1.807, 2.05) is 0 Å². The van der Waals surface area contributed by atoms with Gasteiger partial charge in [0.1, 0.15) is 5.82 Å². The molecule has 0 spiro atoms. The zero-order valence-electron chi connectivity index (χ0n) is 9.18. The quantitative estimate of drug-likeness (QED) is 0.557. The zero-order valence-corrected chi connectivity index (χ0v) is 12.1. The van der Waals surface area contributed by atoms with Crippen molar-refractivity contribution in [1.29, 1.82) is 0 Å². The van der Waals surface area contributed by atoms with Crippen LogP contribution < -0.4 is 0 Å². The van der Waals surface area contributed by atoms with Crippen molar-refractivity contribution in [2.75, 3.05) is 19.0 Å². The van der Waals surface area contributed by atoms with E-state index in [0.29, 0.717) is 3.57 Å². The molecule has 0 saturated carbocycles. The molecule has 0 radical (unpaired) electrons. The highest BCUT2D eigenvalue weighted by atomic mass is 127. The Morgan fingerprint density at radius 3 is 2.61 bits per heavy atom. The molecule has 0 saturated heterocycles. The maximum Gasteiger partial charge on any atom is 0.255 e. The monoisotopic (exact) mass is 391 g/mol. The summed E-state index contributed by atoms with van der Waals surface area (Å²) in [6.45, 7) is -0.656. The summed E-state index contributed by atoms with van der Waals surface area (Å²) >= 11 is 7.26. The van der Waals surface area contributed by atoms with E-state index in [2.05, 4.69) is 0 Å². The molecule has 100 valence electrons. The lowest BCUT2D eigenvalue weighted by Gasteiger charge is -2.21. The maximum atomic E-state index is 12.9. The Hall–Kier alpha value is -0.500. The van der Waals surface area contributed by atoms with Crippen molar-refractivity contribution in [2.45, 2.75) is 6.43 Å². The van der Waals surface area contributed by atoms with Crippen LogP contribution in [0.15, 0.2) is 18.2 Å². The number of nitrogens with zero attached hydrogens (tertiary/aromatic N) is 1. The predicted molar refractivity (Wildman–Crippen MR) is 71.7 cm³/mol. The van der Waals surface area contributed by atoms with Gasteiger partial charge in [0.15, 0.2) is 0 Å². The number of benzene rings is 1. The fraction of sp³-hybridized carbons (Fsp3) is 0.364. The number of halogens is 5. The molecule has 1 aromatic carbocycles. The van der Waals surface area contributed by atoms with E-state index in [1.54, 1.807) is 22.6 Å². The summed E-state index contributed by atoms with van der Waals surface area (Å²) in [4.78, 5) is 13.0. The summed E-state index contributed by atoms with van der Waals surface area (Å²) in [6, 6.07) is 3.58. The van der Waals surface area contributed by atoms with Crippen LogP contribution in [-0.2, 0) is 0 Å². The smallest absolute Gasteiger partial charge is 0.255 e. The number of amides is 1. The van der Waals surface area contributed by atoms with E-state index in [0.717, 1.165) is 11.0 Å². The molecular formula is C11H10ClF3INO. The fourth-order valence-corrected chi connectivity index (χ4v) is 2.29. The molecule has 1 amide bonds. The van der Waals surface area contributed by atoms with Crippen LogP contribution in [0.3, 0.4) is 0 Å². The summed E-state index contributed by atoms with van der Waals surface area (Å²) in [6.07, 6.45) is -2.63. The summed E-state index contributed by atoms with van der Waals surface area (Å²) in [5.74, 6) is -0.981. The van der Waals surface area contributed by atoms with Crippen LogP contribution in [0.2, 0.25) is 0 Å². The van der Waals surface area contributed by atoms with E-state index < -0.39 is 24.7 Å². The van der Waals surface area contributed by atoms with Crippen molar-refractivity contribution in [3.05, 3.63) is 33.1 Å². The van der Waals surface area contributed by atoms with Crippen molar-refractivity contribution in [1.82, 2.24) is 4.90 Å². The molecule has 2 nitrogen and oxygen atoms in total. The number of alkyl halides is 3. The molecule has 18 heavy (non-hydrogen) atoms. The lowest BCUT2D eigenvalue weighted by molar-refractivity contribution is 0.0570. The van der Waals surface area contributed by atoms with Gasteiger partial charge in [0.05, 0.1) is 12.1 Å². The third kappa shape index (κ3) is 4.31. The average molecular weight is 392 g/mol. The molecule has 1 aromatic rings. The zero-order chi connectivity index (χ0) is 13.7. The van der Waals surface area contributed by atoms with E-state index in [9.17, 15) is 18.0 Å². The average Bonchev–Trinajstić information content (AvgIpc) is 2.27. The van der Waals surface area contributed by atoms with Gasteiger partial charge in [0.25, 0.3) is 12.3 Å². The van der Waals surface area contributed by atoms with Crippen molar-refractivity contribution in [3.63, 3.8) is 0 Å². The number of rotatable bonds is 5. The van der Waals surface area contributed by atoms with Crippen LogP contribution in [-0.4, -0.2) is 36.2 Å². The number of carbonyl (C=O) groups excluding carboxylic acids is 1. The largest absolute Gasteiger partial charge is 0.332 e. The van der Waals surface area contributed by atoms with Crippen LogP contribution in [0.1, 0.15) is 10.4 Å². The van der Waals surface area contributed by atoms with E-state index in [-0.39, 0.29) is 18.0 Å². The Kier molecular flexibility index (Phi) is 6.20. The first kappa shape index (κ1) is 15.6. The predicted octanol–water partition coefficient (Wildman–Crippen LogP) is 3.38. The molecule has 0 aliphatic carbocycles. The van der Waals surface area contributed by atoms with Crippen molar-refractivity contribution in [3.8, 4) is 0 Å². The first-order valence-corrected chi connectivity index (χ1v) is 6.65. The third-order valence-corrected chi connectivity index (χ3v) is 3.22. The Morgan fingerprint density at radius 2 is 2.11 bits per heavy atom. The maximum absolute atomic E-state index is 12.9. The van der Waals surface area contributed by atoms with Crippen LogP contribution in [0, 0.1) is 9.39 Å². The third-order valence-electron chi connectivity index (χ3n) is 2.16. The Bertz CT molecular complexity index is 431. The minimum absolute atomic E-state index is 0.0260. The molecule has 1 rings (SSSR count). The Balaban J connectivity index is 2.94. The highest BCUT2D eigenvalue weighted by molar-refractivity contribution is 14.1. The second kappa shape index (κ2) is 7.18. The molecular weight excluding hydrogens is 381 g/mol. The second-order valence-electron chi connectivity index (χ2n) is 3.46.